The van der Waals surface area contributed by atoms with E-state index in [-0.39, 0.29) is 5.75 Å². The van der Waals surface area contributed by atoms with Gasteiger partial charge in [0.25, 0.3) is 0 Å². The Balaban J connectivity index is 2.24. The van der Waals surface area contributed by atoms with Crippen LogP contribution in [-0.4, -0.2) is 13.4 Å². The molecular formula is C9H7FN2O3S2. The minimum Gasteiger partial charge on any atom is -0.375 e. The molecule has 0 aliphatic carbocycles. The highest BCUT2D eigenvalue weighted by Crippen LogP contribution is 2.25. The Morgan fingerprint density at radius 3 is 2.41 bits per heavy atom. The van der Waals surface area contributed by atoms with E-state index in [2.05, 4.69) is 9.17 Å². The lowest BCUT2D eigenvalue weighted by Crippen LogP contribution is -2.00. The number of nitrogens with zero attached hydrogens (tertiary/aromatic N) is 1. The Kier molecular flexibility index (Phi) is 2.99. The number of nitrogens with two attached hydrogens (primary N) is 1. The van der Waals surface area contributed by atoms with Crippen molar-refractivity contribution in [2.75, 3.05) is 5.73 Å². The van der Waals surface area contributed by atoms with Crippen LogP contribution in [0.5, 0.6) is 5.75 Å². The molecule has 0 fully saturated rings. The topological polar surface area (TPSA) is 82.3 Å². The predicted molar refractivity (Wildman–Crippen MR) is 62.6 cm³/mol. The molecular weight excluding hydrogens is 267 g/mol. The molecule has 0 bridgehead atoms. The van der Waals surface area contributed by atoms with E-state index in [4.69, 9.17) is 5.73 Å². The summed E-state index contributed by atoms with van der Waals surface area (Å²) in [5.41, 5.74) is 6.89. The summed E-state index contributed by atoms with van der Waals surface area (Å²) in [7, 11) is -4.98. The fraction of sp³-hybridized carbons (Fsp3) is 0. The van der Waals surface area contributed by atoms with Crippen LogP contribution in [0.4, 0.5) is 9.02 Å². The van der Waals surface area contributed by atoms with E-state index >= 15 is 0 Å². The number of halogens is 1. The van der Waals surface area contributed by atoms with E-state index in [9.17, 15) is 12.3 Å². The van der Waals surface area contributed by atoms with Gasteiger partial charge in [0.15, 0.2) is 5.13 Å². The van der Waals surface area contributed by atoms with Crippen LogP contribution in [-0.2, 0) is 10.5 Å². The van der Waals surface area contributed by atoms with Crippen molar-refractivity contribution in [2.45, 2.75) is 0 Å². The quantitative estimate of drug-likeness (QED) is 0.865. The average molecular weight is 274 g/mol. The van der Waals surface area contributed by atoms with Crippen LogP contribution in [0.25, 0.3) is 11.3 Å². The van der Waals surface area contributed by atoms with Gasteiger partial charge in [-0.2, -0.15) is 8.42 Å². The van der Waals surface area contributed by atoms with Gasteiger partial charge in [0.1, 0.15) is 5.75 Å². The van der Waals surface area contributed by atoms with E-state index in [1.165, 1.54) is 23.5 Å². The summed E-state index contributed by atoms with van der Waals surface area (Å²) >= 11 is 1.29. The van der Waals surface area contributed by atoms with Crippen LogP contribution in [0.3, 0.4) is 0 Å². The Bertz CT molecular complexity index is 622. The standard InChI is InChI=1S/C9H7FN2O3S2/c10-17(13,14)15-7-3-1-6(2-4-7)8-5-16-9(11)12-8/h1-5H,(H2,11,12). The highest BCUT2D eigenvalue weighted by atomic mass is 32.3. The lowest BCUT2D eigenvalue weighted by Gasteiger charge is -2.00. The SMILES string of the molecule is Nc1nc(-c2ccc(OS(=O)(=O)F)cc2)cs1. The van der Waals surface area contributed by atoms with Crippen molar-refractivity contribution in [1.82, 2.24) is 4.98 Å². The van der Waals surface area contributed by atoms with Crippen LogP contribution in [0.2, 0.25) is 0 Å². The van der Waals surface area contributed by atoms with Crippen molar-refractivity contribution < 1.29 is 16.5 Å². The van der Waals surface area contributed by atoms with Crippen LogP contribution < -0.4 is 9.92 Å². The van der Waals surface area contributed by atoms with E-state index in [1.54, 1.807) is 17.5 Å². The molecule has 0 unspecified atom stereocenters. The number of thiazole rings is 1. The smallest absolute Gasteiger partial charge is 0.375 e. The Hall–Kier alpha value is -1.67. The number of rotatable bonds is 3. The van der Waals surface area contributed by atoms with Gasteiger partial charge in [0.05, 0.1) is 5.69 Å². The zero-order valence-electron chi connectivity index (χ0n) is 8.33. The van der Waals surface area contributed by atoms with Crippen LogP contribution in [0.15, 0.2) is 29.6 Å². The highest BCUT2D eigenvalue weighted by molar-refractivity contribution is 7.81. The summed E-state index contributed by atoms with van der Waals surface area (Å²) in [6.07, 6.45) is 0. The van der Waals surface area contributed by atoms with Crippen molar-refractivity contribution in [1.29, 1.82) is 0 Å². The molecule has 17 heavy (non-hydrogen) atoms. The molecule has 0 amide bonds. The number of hydrogen-bond donors (Lipinski definition) is 1. The molecule has 2 N–H and O–H groups in total. The molecule has 0 spiro atoms. The molecule has 1 aromatic heterocycles. The van der Waals surface area contributed by atoms with Gasteiger partial charge in [-0.25, -0.2) is 4.98 Å². The van der Waals surface area contributed by atoms with Crippen LogP contribution in [0, 0.1) is 0 Å². The maximum Gasteiger partial charge on any atom is 0.488 e. The van der Waals surface area contributed by atoms with Gasteiger partial charge >= 0.3 is 10.5 Å². The number of nitrogen functional groups attached to an aromatic ring is 1. The molecule has 0 radical (unpaired) electrons. The van der Waals surface area contributed by atoms with Crippen molar-refractivity contribution in [3.63, 3.8) is 0 Å². The fourth-order valence-electron chi connectivity index (χ4n) is 1.22. The molecule has 0 aliphatic heterocycles. The van der Waals surface area contributed by atoms with Gasteiger partial charge in [0, 0.05) is 10.9 Å². The average Bonchev–Trinajstić information content (AvgIpc) is 2.63. The number of benzene rings is 1. The summed E-state index contributed by atoms with van der Waals surface area (Å²) in [6.45, 7) is 0. The van der Waals surface area contributed by atoms with Crippen molar-refractivity contribution >= 4 is 27.0 Å². The largest absolute Gasteiger partial charge is 0.488 e. The number of aromatic nitrogens is 1. The molecule has 1 aromatic carbocycles. The summed E-state index contributed by atoms with van der Waals surface area (Å²) in [5, 5.41) is 2.20. The van der Waals surface area contributed by atoms with E-state index in [0.29, 0.717) is 10.8 Å². The maximum absolute atomic E-state index is 12.2. The van der Waals surface area contributed by atoms with Gasteiger partial charge in [0.2, 0.25) is 0 Å². The van der Waals surface area contributed by atoms with Gasteiger partial charge in [-0.1, -0.05) is 3.89 Å². The second-order valence-corrected chi connectivity index (χ2v) is 4.91. The second-order valence-electron chi connectivity index (χ2n) is 3.07. The van der Waals surface area contributed by atoms with Gasteiger partial charge in [-0.15, -0.1) is 11.3 Å². The Morgan fingerprint density at radius 1 is 1.29 bits per heavy atom. The van der Waals surface area contributed by atoms with Gasteiger partial charge < -0.3 is 9.92 Å². The van der Waals surface area contributed by atoms with E-state index in [0.717, 1.165) is 5.56 Å². The van der Waals surface area contributed by atoms with Crippen LogP contribution in [0.1, 0.15) is 0 Å². The van der Waals surface area contributed by atoms with E-state index < -0.39 is 10.5 Å². The molecule has 2 rings (SSSR count). The number of anilines is 1. The third kappa shape index (κ3) is 3.14. The minimum atomic E-state index is -4.98. The predicted octanol–water partition coefficient (Wildman–Crippen LogP) is 1.99. The van der Waals surface area contributed by atoms with Gasteiger partial charge in [-0.3, -0.25) is 0 Å². The molecule has 2 aromatic rings. The molecule has 0 saturated heterocycles. The third-order valence-corrected chi connectivity index (χ3v) is 2.93. The molecule has 1 heterocycles. The Labute approximate surface area is 101 Å². The monoisotopic (exact) mass is 274 g/mol. The number of hydrogen-bond acceptors (Lipinski definition) is 6. The molecule has 0 atom stereocenters. The first-order valence-corrected chi connectivity index (χ1v) is 6.58. The molecule has 90 valence electrons. The minimum absolute atomic E-state index is 0.0977. The molecule has 0 aliphatic rings. The zero-order valence-corrected chi connectivity index (χ0v) is 9.96. The summed E-state index contributed by atoms with van der Waals surface area (Å²) in [5.74, 6) is -0.0977. The van der Waals surface area contributed by atoms with Gasteiger partial charge in [-0.05, 0) is 24.3 Å². The molecule has 0 saturated carbocycles. The van der Waals surface area contributed by atoms with E-state index in [1.807, 2.05) is 0 Å². The fourth-order valence-corrected chi connectivity index (χ4v) is 2.13. The first-order valence-electron chi connectivity index (χ1n) is 4.39. The third-order valence-electron chi connectivity index (χ3n) is 1.87. The Morgan fingerprint density at radius 2 is 1.94 bits per heavy atom. The summed E-state index contributed by atoms with van der Waals surface area (Å²) in [4.78, 5) is 4.05. The zero-order chi connectivity index (χ0) is 12.5. The first kappa shape index (κ1) is 11.8. The maximum atomic E-state index is 12.2. The van der Waals surface area contributed by atoms with Crippen LogP contribution >= 0.6 is 11.3 Å². The molecule has 5 nitrogen and oxygen atoms in total. The second kappa shape index (κ2) is 4.30. The summed E-state index contributed by atoms with van der Waals surface area (Å²) in [6, 6.07) is 5.80. The highest BCUT2D eigenvalue weighted by Gasteiger charge is 2.09. The van der Waals surface area contributed by atoms with Crippen molar-refractivity contribution in [2.24, 2.45) is 0 Å². The van der Waals surface area contributed by atoms with Crippen molar-refractivity contribution in [3.05, 3.63) is 29.6 Å². The first-order chi connectivity index (χ1) is 7.94. The summed E-state index contributed by atoms with van der Waals surface area (Å²) < 4.78 is 36.8. The normalized spacial score (nSPS) is 11.4. The lowest BCUT2D eigenvalue weighted by atomic mass is 10.2. The van der Waals surface area contributed by atoms with Crippen molar-refractivity contribution in [3.8, 4) is 17.0 Å². The molecule has 8 heteroatoms. The lowest BCUT2D eigenvalue weighted by molar-refractivity contribution is 0.440.